The molecule has 0 bridgehead atoms. The Kier molecular flexibility index (Phi) is 5.81. The predicted molar refractivity (Wildman–Crippen MR) is 125 cm³/mol. The zero-order valence-electron chi connectivity index (χ0n) is 18.3. The van der Waals surface area contributed by atoms with Gasteiger partial charge in [-0.2, -0.15) is 0 Å². The van der Waals surface area contributed by atoms with E-state index in [4.69, 9.17) is 4.99 Å². The van der Waals surface area contributed by atoms with E-state index in [1.165, 1.54) is 17.6 Å². The molecule has 1 aromatic heterocycles. The number of nitrogens with one attached hydrogen (secondary N) is 1. The first kappa shape index (κ1) is 20.6. The van der Waals surface area contributed by atoms with Crippen LogP contribution in [0.15, 0.2) is 64.8 Å². The SMILES string of the molecule is CCCC1=NC(=C2CCC2)C(CO)N1Cc1ccc(-c2ccccc2-c2nnn[nH]2)cc1. The van der Waals surface area contributed by atoms with Crippen molar-refractivity contribution in [1.82, 2.24) is 25.5 Å². The van der Waals surface area contributed by atoms with Crippen molar-refractivity contribution in [3.8, 4) is 22.5 Å². The van der Waals surface area contributed by atoms with Gasteiger partial charge in [0.15, 0.2) is 5.82 Å². The second-order valence-corrected chi connectivity index (χ2v) is 8.44. The highest BCUT2D eigenvalue weighted by Gasteiger charge is 2.34. The van der Waals surface area contributed by atoms with E-state index in [0.29, 0.717) is 5.82 Å². The summed E-state index contributed by atoms with van der Waals surface area (Å²) in [7, 11) is 0. The highest BCUT2D eigenvalue weighted by molar-refractivity contribution is 5.87. The molecular weight excluding hydrogens is 400 g/mol. The Morgan fingerprint density at radius 2 is 1.84 bits per heavy atom. The van der Waals surface area contributed by atoms with Crippen LogP contribution in [-0.2, 0) is 6.54 Å². The minimum absolute atomic E-state index is 0.0220. The number of amidine groups is 1. The van der Waals surface area contributed by atoms with Crippen LogP contribution in [0.25, 0.3) is 22.5 Å². The summed E-state index contributed by atoms with van der Waals surface area (Å²) < 4.78 is 0. The van der Waals surface area contributed by atoms with Crippen LogP contribution in [0.5, 0.6) is 0 Å². The predicted octanol–water partition coefficient (Wildman–Crippen LogP) is 4.35. The lowest BCUT2D eigenvalue weighted by atomic mass is 9.88. The molecule has 2 N–H and O–H groups in total. The smallest absolute Gasteiger partial charge is 0.180 e. The normalized spacial score (nSPS) is 18.1. The van der Waals surface area contributed by atoms with Crippen molar-refractivity contribution in [3.05, 3.63) is 65.4 Å². The van der Waals surface area contributed by atoms with E-state index in [1.54, 1.807) is 0 Å². The quantitative estimate of drug-likeness (QED) is 0.584. The Labute approximate surface area is 187 Å². The molecule has 1 aliphatic carbocycles. The maximum Gasteiger partial charge on any atom is 0.180 e. The first-order chi connectivity index (χ1) is 15.8. The molecule has 1 unspecified atom stereocenters. The first-order valence-corrected chi connectivity index (χ1v) is 11.4. The molecular formula is C25H28N6O. The number of aromatic nitrogens is 4. The number of tetrazole rings is 1. The van der Waals surface area contributed by atoms with Crippen LogP contribution < -0.4 is 0 Å². The molecule has 32 heavy (non-hydrogen) atoms. The average Bonchev–Trinajstić information content (AvgIpc) is 3.43. The van der Waals surface area contributed by atoms with Gasteiger partial charge in [0.25, 0.3) is 0 Å². The Morgan fingerprint density at radius 3 is 2.47 bits per heavy atom. The largest absolute Gasteiger partial charge is 0.394 e. The molecule has 0 radical (unpaired) electrons. The number of H-pyrrole nitrogens is 1. The van der Waals surface area contributed by atoms with Crippen molar-refractivity contribution < 1.29 is 5.11 Å². The van der Waals surface area contributed by atoms with Gasteiger partial charge in [0.2, 0.25) is 0 Å². The van der Waals surface area contributed by atoms with Crippen LogP contribution in [0.1, 0.15) is 44.6 Å². The summed E-state index contributed by atoms with van der Waals surface area (Å²) in [5.41, 5.74) is 6.91. The van der Waals surface area contributed by atoms with Gasteiger partial charge in [0.05, 0.1) is 18.3 Å². The molecule has 0 amide bonds. The fourth-order valence-corrected chi connectivity index (χ4v) is 4.54. The summed E-state index contributed by atoms with van der Waals surface area (Å²) in [6.07, 6.45) is 5.46. The second-order valence-electron chi connectivity index (χ2n) is 8.44. The number of hydrogen-bond acceptors (Lipinski definition) is 6. The van der Waals surface area contributed by atoms with Crippen molar-refractivity contribution in [2.24, 2.45) is 4.99 Å². The summed E-state index contributed by atoms with van der Waals surface area (Å²) in [4.78, 5) is 7.27. The zero-order chi connectivity index (χ0) is 21.9. The number of nitrogens with zero attached hydrogens (tertiary/aromatic N) is 5. The van der Waals surface area contributed by atoms with Gasteiger partial charge in [0.1, 0.15) is 5.84 Å². The van der Waals surface area contributed by atoms with Crippen LogP contribution in [0, 0.1) is 0 Å². The average molecular weight is 429 g/mol. The summed E-state index contributed by atoms with van der Waals surface area (Å²) in [5, 5.41) is 24.5. The maximum absolute atomic E-state index is 10.2. The number of allylic oxidation sites excluding steroid dienone is 1. The minimum Gasteiger partial charge on any atom is -0.394 e. The molecule has 5 rings (SSSR count). The number of aliphatic imine (C=N–C) groups is 1. The van der Waals surface area contributed by atoms with Gasteiger partial charge < -0.3 is 10.0 Å². The Hall–Kier alpha value is -3.32. The third kappa shape index (κ3) is 3.84. The number of hydrogen-bond donors (Lipinski definition) is 2. The van der Waals surface area contributed by atoms with E-state index in [-0.39, 0.29) is 12.6 Å². The van der Waals surface area contributed by atoms with Crippen LogP contribution in [0.3, 0.4) is 0 Å². The molecule has 3 aromatic rings. The van der Waals surface area contributed by atoms with Crippen molar-refractivity contribution >= 4 is 5.84 Å². The lowest BCUT2D eigenvalue weighted by Crippen LogP contribution is -2.38. The number of aliphatic hydroxyl groups is 1. The first-order valence-electron chi connectivity index (χ1n) is 11.4. The van der Waals surface area contributed by atoms with E-state index in [9.17, 15) is 5.11 Å². The molecule has 0 saturated heterocycles. The highest BCUT2D eigenvalue weighted by Crippen LogP contribution is 2.36. The van der Waals surface area contributed by atoms with Gasteiger partial charge in [-0.05, 0) is 58.4 Å². The van der Waals surface area contributed by atoms with E-state index in [2.05, 4.69) is 62.8 Å². The second kappa shape index (κ2) is 9.04. The van der Waals surface area contributed by atoms with Gasteiger partial charge in [0, 0.05) is 18.5 Å². The molecule has 7 heteroatoms. The molecule has 1 saturated carbocycles. The lowest BCUT2D eigenvalue weighted by molar-refractivity contribution is 0.202. The van der Waals surface area contributed by atoms with E-state index in [1.807, 2.05) is 18.2 Å². The number of rotatable bonds is 7. The van der Waals surface area contributed by atoms with Crippen molar-refractivity contribution in [2.45, 2.75) is 51.6 Å². The summed E-state index contributed by atoms with van der Waals surface area (Å²) in [5.74, 6) is 1.76. The van der Waals surface area contributed by atoms with Gasteiger partial charge in [-0.15, -0.1) is 5.10 Å². The molecule has 2 aromatic carbocycles. The Balaban J connectivity index is 1.40. The van der Waals surface area contributed by atoms with Gasteiger partial charge in [-0.25, -0.2) is 10.1 Å². The number of aromatic amines is 1. The molecule has 1 aliphatic heterocycles. The molecule has 2 aliphatic rings. The highest BCUT2D eigenvalue weighted by atomic mass is 16.3. The third-order valence-corrected chi connectivity index (χ3v) is 6.38. The van der Waals surface area contributed by atoms with Gasteiger partial charge in [-0.3, -0.25) is 0 Å². The molecule has 7 nitrogen and oxygen atoms in total. The molecule has 164 valence electrons. The summed E-state index contributed by atoms with van der Waals surface area (Å²) in [6, 6.07) is 16.7. The van der Waals surface area contributed by atoms with Crippen LogP contribution >= 0.6 is 0 Å². The fraction of sp³-hybridized carbons (Fsp3) is 0.360. The monoisotopic (exact) mass is 428 g/mol. The minimum atomic E-state index is -0.0220. The Morgan fingerprint density at radius 1 is 1.06 bits per heavy atom. The topological polar surface area (TPSA) is 90.3 Å². The lowest BCUT2D eigenvalue weighted by Gasteiger charge is -2.29. The summed E-state index contributed by atoms with van der Waals surface area (Å²) >= 11 is 0. The number of benzene rings is 2. The standard InChI is InChI=1S/C25H28N6O/c1-2-6-23-26-24(19-7-5-8-19)22(16-32)31(23)15-17-11-13-18(14-12-17)20-9-3-4-10-21(20)25-27-29-30-28-25/h3-4,9-14,22,32H,2,5-8,15-16H2,1H3,(H,27,28,29,30). The number of aliphatic hydroxyl groups excluding tert-OH is 1. The molecule has 2 heterocycles. The van der Waals surface area contributed by atoms with Crippen LogP contribution in [0.2, 0.25) is 0 Å². The maximum atomic E-state index is 10.2. The Bertz CT molecular complexity index is 1130. The van der Waals surface area contributed by atoms with E-state index in [0.717, 1.165) is 60.5 Å². The van der Waals surface area contributed by atoms with E-state index < -0.39 is 0 Å². The molecule has 1 fully saturated rings. The van der Waals surface area contributed by atoms with Crippen LogP contribution in [-0.4, -0.2) is 49.1 Å². The third-order valence-electron chi connectivity index (χ3n) is 6.38. The molecule has 1 atom stereocenters. The van der Waals surface area contributed by atoms with E-state index >= 15 is 0 Å². The fourth-order valence-electron chi connectivity index (χ4n) is 4.54. The van der Waals surface area contributed by atoms with Crippen molar-refractivity contribution in [2.75, 3.05) is 6.61 Å². The van der Waals surface area contributed by atoms with Gasteiger partial charge >= 0.3 is 0 Å². The van der Waals surface area contributed by atoms with Crippen molar-refractivity contribution in [1.29, 1.82) is 0 Å². The van der Waals surface area contributed by atoms with Gasteiger partial charge in [-0.1, -0.05) is 55.5 Å². The zero-order valence-corrected chi connectivity index (χ0v) is 18.3. The van der Waals surface area contributed by atoms with Crippen LogP contribution in [0.4, 0.5) is 0 Å². The molecule has 0 spiro atoms. The summed E-state index contributed by atoms with van der Waals surface area (Å²) in [6.45, 7) is 3.03. The van der Waals surface area contributed by atoms with Crippen molar-refractivity contribution in [3.63, 3.8) is 0 Å².